The summed E-state index contributed by atoms with van der Waals surface area (Å²) < 4.78 is 37.4. The fourth-order valence-electron chi connectivity index (χ4n) is 1.24. The van der Waals surface area contributed by atoms with Crippen LogP contribution in [0, 0.1) is 0 Å². The number of halogens is 5. The van der Waals surface area contributed by atoms with Gasteiger partial charge in [0.1, 0.15) is 0 Å². The number of rotatable bonds is 1. The highest BCUT2D eigenvalue weighted by atomic mass is 35.5. The Bertz CT molecular complexity index is 594. The predicted octanol–water partition coefficient (Wildman–Crippen LogP) is 3.18. The number of nitrogens with zero attached hydrogens (tertiary/aromatic N) is 3. The second-order valence-electron chi connectivity index (χ2n) is 3.32. The third-order valence-corrected chi connectivity index (χ3v) is 2.78. The van der Waals surface area contributed by atoms with Crippen LogP contribution in [0.5, 0.6) is 0 Å². The minimum absolute atomic E-state index is 0.179. The molecule has 1 aromatic carbocycles. The van der Waals surface area contributed by atoms with Gasteiger partial charge >= 0.3 is 6.18 Å². The molecule has 1 aromatic heterocycles. The van der Waals surface area contributed by atoms with Crippen molar-refractivity contribution < 1.29 is 13.2 Å². The van der Waals surface area contributed by atoms with Gasteiger partial charge in [0, 0.05) is 0 Å². The summed E-state index contributed by atoms with van der Waals surface area (Å²) in [6.45, 7) is 0. The molecular formula is C9H5Cl2F3N4. The highest BCUT2D eigenvalue weighted by Gasteiger charge is 2.37. The lowest BCUT2D eigenvalue weighted by Gasteiger charge is -2.02. The molecular weight excluding hydrogens is 292 g/mol. The summed E-state index contributed by atoms with van der Waals surface area (Å²) in [5.41, 5.74) is 4.15. The summed E-state index contributed by atoms with van der Waals surface area (Å²) >= 11 is 11.4. The molecule has 0 aliphatic heterocycles. The first-order valence-electron chi connectivity index (χ1n) is 4.54. The molecule has 0 amide bonds. The van der Waals surface area contributed by atoms with Crippen LogP contribution >= 0.6 is 23.2 Å². The van der Waals surface area contributed by atoms with E-state index in [1.165, 1.54) is 18.2 Å². The quantitative estimate of drug-likeness (QED) is 0.879. The maximum Gasteiger partial charge on any atom is 0.438 e. The average Bonchev–Trinajstić information content (AvgIpc) is 2.64. The van der Waals surface area contributed by atoms with E-state index >= 15 is 0 Å². The van der Waals surface area contributed by atoms with Gasteiger partial charge in [-0.15, -0.1) is 15.0 Å². The van der Waals surface area contributed by atoms with Crippen LogP contribution in [0.2, 0.25) is 10.0 Å². The number of benzene rings is 1. The molecule has 9 heteroatoms. The summed E-state index contributed by atoms with van der Waals surface area (Å²) in [6.07, 6.45) is -4.65. The standard InChI is InChI=1S/C9H5Cl2F3N4/c10-5-2-1-4(3-6(5)11)18-16-7(8(15)17-18)9(12,13)14/h1-3H,(H2,15,17). The predicted molar refractivity (Wildman–Crippen MR) is 60.8 cm³/mol. The van der Waals surface area contributed by atoms with E-state index in [1.54, 1.807) is 0 Å². The van der Waals surface area contributed by atoms with Crippen molar-refractivity contribution in [1.29, 1.82) is 0 Å². The van der Waals surface area contributed by atoms with E-state index in [4.69, 9.17) is 28.9 Å². The van der Waals surface area contributed by atoms with Gasteiger partial charge in [-0.1, -0.05) is 23.2 Å². The lowest BCUT2D eigenvalue weighted by Crippen LogP contribution is -2.09. The lowest BCUT2D eigenvalue weighted by molar-refractivity contribution is -0.140. The molecule has 18 heavy (non-hydrogen) atoms. The van der Waals surface area contributed by atoms with Gasteiger partial charge in [-0.2, -0.15) is 13.2 Å². The molecule has 0 spiro atoms. The maximum atomic E-state index is 12.5. The van der Waals surface area contributed by atoms with Gasteiger partial charge in [-0.25, -0.2) is 0 Å². The van der Waals surface area contributed by atoms with Crippen LogP contribution in [0.1, 0.15) is 5.69 Å². The first-order chi connectivity index (χ1) is 8.29. The Morgan fingerprint density at radius 2 is 1.78 bits per heavy atom. The summed E-state index contributed by atoms with van der Waals surface area (Å²) in [6, 6.07) is 4.18. The van der Waals surface area contributed by atoms with Gasteiger partial charge in [0.15, 0.2) is 5.82 Å². The van der Waals surface area contributed by atoms with Crippen LogP contribution in [0.4, 0.5) is 19.0 Å². The van der Waals surface area contributed by atoms with Crippen LogP contribution in [0.3, 0.4) is 0 Å². The zero-order valence-corrected chi connectivity index (χ0v) is 10.1. The lowest BCUT2D eigenvalue weighted by atomic mass is 10.3. The monoisotopic (exact) mass is 296 g/mol. The summed E-state index contributed by atoms with van der Waals surface area (Å²) in [4.78, 5) is 0.750. The molecule has 1 heterocycles. The number of nitrogen functional groups attached to an aromatic ring is 1. The zero-order valence-electron chi connectivity index (χ0n) is 8.54. The summed E-state index contributed by atoms with van der Waals surface area (Å²) in [5.74, 6) is -0.700. The Balaban J connectivity index is 2.49. The van der Waals surface area contributed by atoms with Crippen molar-refractivity contribution in [2.75, 3.05) is 5.73 Å². The first kappa shape index (κ1) is 13.0. The molecule has 0 atom stereocenters. The number of alkyl halides is 3. The van der Waals surface area contributed by atoms with Crippen molar-refractivity contribution in [3.8, 4) is 5.69 Å². The van der Waals surface area contributed by atoms with Gasteiger partial charge in [-0.05, 0) is 18.2 Å². The van der Waals surface area contributed by atoms with E-state index in [0.29, 0.717) is 0 Å². The molecule has 4 nitrogen and oxygen atoms in total. The second kappa shape index (κ2) is 4.33. The van der Waals surface area contributed by atoms with Gasteiger partial charge in [0.05, 0.1) is 15.7 Å². The molecule has 0 saturated heterocycles. The molecule has 96 valence electrons. The highest BCUT2D eigenvalue weighted by molar-refractivity contribution is 6.42. The molecule has 2 aromatic rings. The van der Waals surface area contributed by atoms with Crippen LogP contribution in [-0.4, -0.2) is 15.0 Å². The molecule has 0 bridgehead atoms. The van der Waals surface area contributed by atoms with Crippen molar-refractivity contribution in [2.24, 2.45) is 0 Å². The van der Waals surface area contributed by atoms with E-state index in [1.807, 2.05) is 0 Å². The molecule has 2 N–H and O–H groups in total. The van der Waals surface area contributed by atoms with E-state index < -0.39 is 17.7 Å². The number of anilines is 1. The number of aromatic nitrogens is 3. The first-order valence-corrected chi connectivity index (χ1v) is 5.30. The fourth-order valence-corrected chi connectivity index (χ4v) is 1.54. The van der Waals surface area contributed by atoms with E-state index in [0.717, 1.165) is 4.80 Å². The molecule has 0 saturated carbocycles. The smallest absolute Gasteiger partial charge is 0.380 e. The van der Waals surface area contributed by atoms with Crippen molar-refractivity contribution in [2.45, 2.75) is 6.18 Å². The van der Waals surface area contributed by atoms with Crippen LogP contribution in [0.25, 0.3) is 5.69 Å². The molecule has 0 unspecified atom stereocenters. The summed E-state index contributed by atoms with van der Waals surface area (Å²) in [5, 5.41) is 7.21. The van der Waals surface area contributed by atoms with Crippen molar-refractivity contribution in [1.82, 2.24) is 15.0 Å². The Morgan fingerprint density at radius 3 is 2.28 bits per heavy atom. The number of hydrogen-bond acceptors (Lipinski definition) is 3. The average molecular weight is 297 g/mol. The van der Waals surface area contributed by atoms with Gasteiger partial charge < -0.3 is 5.73 Å². The SMILES string of the molecule is Nc1nn(-c2ccc(Cl)c(Cl)c2)nc1C(F)(F)F. The number of nitrogens with two attached hydrogens (primary N) is 1. The van der Waals surface area contributed by atoms with Crippen molar-refractivity contribution in [3.05, 3.63) is 33.9 Å². The van der Waals surface area contributed by atoms with Crippen LogP contribution in [-0.2, 0) is 6.18 Å². The molecule has 0 radical (unpaired) electrons. The fraction of sp³-hybridized carbons (Fsp3) is 0.111. The minimum Gasteiger partial charge on any atom is -0.380 e. The third kappa shape index (κ3) is 2.37. The maximum absolute atomic E-state index is 12.5. The molecule has 0 fully saturated rings. The second-order valence-corrected chi connectivity index (χ2v) is 4.13. The Morgan fingerprint density at radius 1 is 1.11 bits per heavy atom. The van der Waals surface area contributed by atoms with Crippen molar-refractivity contribution >= 4 is 29.0 Å². The van der Waals surface area contributed by atoms with Crippen LogP contribution < -0.4 is 5.73 Å². The molecule has 0 aliphatic rings. The van der Waals surface area contributed by atoms with E-state index in [2.05, 4.69) is 10.2 Å². The Kier molecular flexibility index (Phi) is 3.12. The largest absolute Gasteiger partial charge is 0.438 e. The van der Waals surface area contributed by atoms with Gasteiger partial charge in [0.25, 0.3) is 0 Å². The van der Waals surface area contributed by atoms with Gasteiger partial charge in [-0.3, -0.25) is 0 Å². The number of hydrogen-bond donors (Lipinski definition) is 1. The Hall–Kier alpha value is -1.47. The van der Waals surface area contributed by atoms with Crippen molar-refractivity contribution in [3.63, 3.8) is 0 Å². The minimum atomic E-state index is -4.65. The Labute approximate surface area is 109 Å². The third-order valence-electron chi connectivity index (χ3n) is 2.04. The zero-order chi connectivity index (χ0) is 13.5. The highest BCUT2D eigenvalue weighted by Crippen LogP contribution is 2.31. The molecule has 0 aliphatic carbocycles. The normalized spacial score (nSPS) is 11.8. The van der Waals surface area contributed by atoms with E-state index in [9.17, 15) is 13.2 Å². The van der Waals surface area contributed by atoms with Crippen LogP contribution in [0.15, 0.2) is 18.2 Å². The molecule has 2 rings (SSSR count). The van der Waals surface area contributed by atoms with E-state index in [-0.39, 0.29) is 15.7 Å². The summed E-state index contributed by atoms with van der Waals surface area (Å²) in [7, 11) is 0. The van der Waals surface area contributed by atoms with Gasteiger partial charge in [0.2, 0.25) is 5.69 Å². The topological polar surface area (TPSA) is 56.7 Å².